The second kappa shape index (κ2) is 9.63. The summed E-state index contributed by atoms with van der Waals surface area (Å²) in [5.74, 6) is 0.581. The van der Waals surface area contributed by atoms with Crippen molar-refractivity contribution in [3.63, 3.8) is 0 Å². The van der Waals surface area contributed by atoms with Crippen LogP contribution in [0.2, 0.25) is 0 Å². The van der Waals surface area contributed by atoms with Gasteiger partial charge in [0.05, 0.1) is 5.41 Å². The first kappa shape index (κ1) is 21.5. The van der Waals surface area contributed by atoms with E-state index in [1.54, 1.807) is 19.4 Å². The van der Waals surface area contributed by atoms with E-state index in [4.69, 9.17) is 0 Å². The lowest BCUT2D eigenvalue weighted by Crippen LogP contribution is -2.51. The summed E-state index contributed by atoms with van der Waals surface area (Å²) >= 11 is 0. The van der Waals surface area contributed by atoms with E-state index in [-0.39, 0.29) is 11.8 Å². The number of amides is 2. The fourth-order valence-electron chi connectivity index (χ4n) is 5.36. The van der Waals surface area contributed by atoms with Gasteiger partial charge in [0.25, 0.3) is 0 Å². The molecule has 2 heterocycles. The van der Waals surface area contributed by atoms with E-state index in [9.17, 15) is 9.59 Å². The van der Waals surface area contributed by atoms with Crippen molar-refractivity contribution < 1.29 is 9.59 Å². The van der Waals surface area contributed by atoms with Gasteiger partial charge in [-0.1, -0.05) is 43.5 Å². The number of piperidine rings is 1. The predicted molar refractivity (Wildman–Crippen MR) is 122 cm³/mol. The highest BCUT2D eigenvalue weighted by Crippen LogP contribution is 2.39. The maximum absolute atomic E-state index is 13.1. The molecule has 31 heavy (non-hydrogen) atoms. The first-order valence-corrected chi connectivity index (χ1v) is 11.6. The number of benzene rings is 1. The highest BCUT2D eigenvalue weighted by molar-refractivity contribution is 5.84. The Balaban J connectivity index is 1.53. The molecule has 0 radical (unpaired) electrons. The van der Waals surface area contributed by atoms with Crippen molar-refractivity contribution in [1.82, 2.24) is 15.2 Å². The molecule has 4 rings (SSSR count). The summed E-state index contributed by atoms with van der Waals surface area (Å²) in [5, 5.41) is 2.91. The molecule has 1 aliphatic carbocycles. The quantitative estimate of drug-likeness (QED) is 0.789. The molecule has 0 atom stereocenters. The lowest BCUT2D eigenvalue weighted by atomic mass is 9.71. The van der Waals surface area contributed by atoms with Crippen LogP contribution in [0.25, 0.3) is 11.1 Å². The van der Waals surface area contributed by atoms with Gasteiger partial charge < -0.3 is 10.2 Å². The number of carbonyl (C=O) groups excluding carboxylic acids is 2. The van der Waals surface area contributed by atoms with Gasteiger partial charge in [-0.3, -0.25) is 14.6 Å². The van der Waals surface area contributed by atoms with Gasteiger partial charge in [0, 0.05) is 38.4 Å². The average Bonchev–Trinajstić information content (AvgIpc) is 2.85. The van der Waals surface area contributed by atoms with Crippen molar-refractivity contribution >= 4 is 11.8 Å². The number of hydrogen-bond acceptors (Lipinski definition) is 3. The average molecular weight is 420 g/mol. The zero-order chi connectivity index (χ0) is 21.7. The molecule has 1 aromatic heterocycles. The van der Waals surface area contributed by atoms with E-state index in [1.165, 1.54) is 12.0 Å². The number of hydrogen-bond donors (Lipinski definition) is 1. The number of nitrogens with one attached hydrogen (secondary N) is 1. The van der Waals surface area contributed by atoms with Crippen molar-refractivity contribution in [1.29, 1.82) is 0 Å². The molecular weight excluding hydrogens is 386 g/mol. The first-order valence-electron chi connectivity index (χ1n) is 11.6. The monoisotopic (exact) mass is 419 g/mol. The minimum atomic E-state index is -0.485. The van der Waals surface area contributed by atoms with Gasteiger partial charge in [0.2, 0.25) is 11.8 Å². The van der Waals surface area contributed by atoms with Gasteiger partial charge in [-0.25, -0.2) is 0 Å². The molecule has 0 spiro atoms. The maximum atomic E-state index is 13.1. The number of carbonyl (C=O) groups is 2. The third-order valence-corrected chi connectivity index (χ3v) is 7.23. The van der Waals surface area contributed by atoms with E-state index in [0.717, 1.165) is 36.8 Å². The largest absolute Gasteiger partial charge is 0.359 e. The van der Waals surface area contributed by atoms with Crippen molar-refractivity contribution in [2.45, 2.75) is 51.4 Å². The van der Waals surface area contributed by atoms with Gasteiger partial charge in [-0.05, 0) is 60.9 Å². The Morgan fingerprint density at radius 1 is 1.03 bits per heavy atom. The van der Waals surface area contributed by atoms with Gasteiger partial charge in [-0.15, -0.1) is 0 Å². The van der Waals surface area contributed by atoms with Crippen LogP contribution in [0.4, 0.5) is 0 Å². The van der Waals surface area contributed by atoms with E-state index >= 15 is 0 Å². The third-order valence-electron chi connectivity index (χ3n) is 7.23. The smallest absolute Gasteiger partial charge is 0.226 e. The first-order chi connectivity index (χ1) is 15.1. The summed E-state index contributed by atoms with van der Waals surface area (Å²) in [5.41, 5.74) is 2.95. The fourth-order valence-corrected chi connectivity index (χ4v) is 5.36. The van der Waals surface area contributed by atoms with E-state index in [1.807, 2.05) is 29.2 Å². The van der Waals surface area contributed by atoms with Crippen LogP contribution in [-0.4, -0.2) is 41.8 Å². The minimum absolute atomic E-state index is 0.0850. The lowest BCUT2D eigenvalue weighted by Gasteiger charge is -2.42. The van der Waals surface area contributed by atoms with Crippen LogP contribution in [0.3, 0.4) is 0 Å². The Labute approximate surface area is 185 Å². The molecule has 1 N–H and O–H groups in total. The number of nitrogens with zero attached hydrogens (tertiary/aromatic N) is 2. The van der Waals surface area contributed by atoms with E-state index < -0.39 is 5.41 Å². The topological polar surface area (TPSA) is 62.3 Å². The summed E-state index contributed by atoms with van der Waals surface area (Å²) < 4.78 is 0. The predicted octanol–water partition coefficient (Wildman–Crippen LogP) is 4.23. The standard InChI is InChI=1S/C26H33N3O2/c1-27-25(31)26(13-17-29(18-14-26)24(30)21-7-3-2-4-8-21)19-22-9-5-6-10-23(22)20-11-15-28-16-12-20/h5-6,9-12,15-16,21H,2-4,7-8,13-14,17-19H2,1H3,(H,27,31). The second-order valence-electron chi connectivity index (χ2n) is 9.09. The molecule has 1 saturated heterocycles. The van der Waals surface area contributed by atoms with Crippen molar-refractivity contribution in [2.75, 3.05) is 20.1 Å². The molecule has 2 amide bonds. The highest BCUT2D eigenvalue weighted by atomic mass is 16.2. The fraction of sp³-hybridized carbons (Fsp3) is 0.500. The molecule has 2 fully saturated rings. The Bertz CT molecular complexity index is 898. The van der Waals surface area contributed by atoms with E-state index in [0.29, 0.717) is 38.3 Å². The highest BCUT2D eigenvalue weighted by Gasteiger charge is 2.43. The molecule has 2 aromatic rings. The summed E-state index contributed by atoms with van der Waals surface area (Å²) in [6.07, 6.45) is 11.3. The van der Waals surface area contributed by atoms with E-state index in [2.05, 4.69) is 22.4 Å². The summed E-state index contributed by atoms with van der Waals surface area (Å²) in [6.45, 7) is 1.33. The number of likely N-dealkylation sites (tertiary alicyclic amines) is 1. The van der Waals surface area contributed by atoms with Crippen LogP contribution in [0, 0.1) is 11.3 Å². The zero-order valence-electron chi connectivity index (χ0n) is 18.5. The number of aromatic nitrogens is 1. The van der Waals surface area contributed by atoms with Crippen molar-refractivity contribution in [2.24, 2.45) is 11.3 Å². The van der Waals surface area contributed by atoms with Gasteiger partial charge in [0.15, 0.2) is 0 Å². The normalized spacial score (nSPS) is 19.1. The molecule has 2 aliphatic rings. The van der Waals surface area contributed by atoms with Crippen molar-refractivity contribution in [3.05, 3.63) is 54.4 Å². The van der Waals surface area contributed by atoms with Crippen LogP contribution in [-0.2, 0) is 16.0 Å². The number of pyridine rings is 1. The Morgan fingerprint density at radius 2 is 1.71 bits per heavy atom. The molecule has 1 saturated carbocycles. The molecule has 5 nitrogen and oxygen atoms in total. The van der Waals surface area contributed by atoms with Crippen LogP contribution in [0.1, 0.15) is 50.5 Å². The van der Waals surface area contributed by atoms with Crippen LogP contribution >= 0.6 is 0 Å². The van der Waals surface area contributed by atoms with Gasteiger partial charge in [-0.2, -0.15) is 0 Å². The molecule has 1 aliphatic heterocycles. The van der Waals surface area contributed by atoms with Crippen LogP contribution in [0.15, 0.2) is 48.8 Å². The molecule has 164 valence electrons. The SMILES string of the molecule is CNC(=O)C1(Cc2ccccc2-c2ccncc2)CCN(C(=O)C2CCCCC2)CC1. The van der Waals surface area contributed by atoms with Gasteiger partial charge in [0.1, 0.15) is 0 Å². The lowest BCUT2D eigenvalue weighted by molar-refractivity contribution is -0.143. The zero-order valence-corrected chi connectivity index (χ0v) is 18.5. The summed E-state index contributed by atoms with van der Waals surface area (Å²) in [4.78, 5) is 32.3. The Kier molecular flexibility index (Phi) is 6.69. The minimum Gasteiger partial charge on any atom is -0.359 e. The molecular formula is C26H33N3O2. The Morgan fingerprint density at radius 3 is 2.39 bits per heavy atom. The molecule has 5 heteroatoms. The maximum Gasteiger partial charge on any atom is 0.226 e. The molecule has 0 bridgehead atoms. The Hall–Kier alpha value is -2.69. The molecule has 0 unspecified atom stereocenters. The van der Waals surface area contributed by atoms with Gasteiger partial charge >= 0.3 is 0 Å². The summed E-state index contributed by atoms with van der Waals surface area (Å²) in [6, 6.07) is 12.3. The third kappa shape index (κ3) is 4.65. The van der Waals surface area contributed by atoms with Crippen LogP contribution in [0.5, 0.6) is 0 Å². The second-order valence-corrected chi connectivity index (χ2v) is 9.09. The van der Waals surface area contributed by atoms with Crippen molar-refractivity contribution in [3.8, 4) is 11.1 Å². The van der Waals surface area contributed by atoms with Crippen LogP contribution < -0.4 is 5.32 Å². The number of rotatable bonds is 5. The molecule has 1 aromatic carbocycles. The summed E-state index contributed by atoms with van der Waals surface area (Å²) in [7, 11) is 1.72.